The molecule has 0 radical (unpaired) electrons. The normalized spacial score (nSPS) is 10.9. The second-order valence-corrected chi connectivity index (χ2v) is 8.42. The number of aromatic carboxylic acids is 1. The largest absolute Gasteiger partial charge is 0.478 e. The van der Waals surface area contributed by atoms with Gasteiger partial charge in [-0.3, -0.25) is 25.0 Å². The van der Waals surface area contributed by atoms with Crippen molar-refractivity contribution in [3.8, 4) is 0 Å². The third-order valence-electron chi connectivity index (χ3n) is 4.44. The lowest BCUT2D eigenvalue weighted by molar-refractivity contribution is -0.385. The third kappa shape index (κ3) is 4.67. The van der Waals surface area contributed by atoms with Crippen LogP contribution in [0.4, 0.5) is 17.1 Å². The van der Waals surface area contributed by atoms with Crippen LogP contribution in [0.25, 0.3) is 0 Å². The molecule has 3 aromatic carbocycles. The zero-order valence-electron chi connectivity index (χ0n) is 16.4. The summed E-state index contributed by atoms with van der Waals surface area (Å²) in [6, 6.07) is 11.8. The highest BCUT2D eigenvalue weighted by molar-refractivity contribution is 7.91. The van der Waals surface area contributed by atoms with Crippen LogP contribution in [-0.4, -0.2) is 35.2 Å². The first-order valence-corrected chi connectivity index (χ1v) is 10.4. The number of sulfone groups is 1. The van der Waals surface area contributed by atoms with Crippen LogP contribution in [-0.2, 0) is 9.84 Å². The number of hydrogen-bond donors (Lipinski definition) is 2. The summed E-state index contributed by atoms with van der Waals surface area (Å²) in [6.45, 7) is 0. The molecule has 0 heterocycles. The molecule has 0 aromatic heterocycles. The van der Waals surface area contributed by atoms with Crippen LogP contribution in [0.15, 0.2) is 76.5 Å². The van der Waals surface area contributed by atoms with Gasteiger partial charge in [0, 0.05) is 23.9 Å². The minimum Gasteiger partial charge on any atom is -0.478 e. The first kappa shape index (κ1) is 23.0. The van der Waals surface area contributed by atoms with Crippen LogP contribution in [0, 0.1) is 20.2 Å². The summed E-state index contributed by atoms with van der Waals surface area (Å²) < 4.78 is 26.3. The maximum atomic E-state index is 13.2. The Morgan fingerprint density at radius 2 is 1.52 bits per heavy atom. The monoisotopic (exact) mass is 471 g/mol. The van der Waals surface area contributed by atoms with Crippen molar-refractivity contribution in [3.63, 3.8) is 0 Å². The number of non-ortho nitro benzene ring substituents is 1. The molecule has 0 aliphatic carbocycles. The standard InChI is InChI=1S/C20H13N3O9S/c24-19(21-13-4-1-3-12(11-13)20(25)26)18-16(23(29)30)5-2-6-17(18)33(31,32)15-9-7-14(8-10-15)22(27)28/h1-11H,(H,21,24)(H,25,26). The van der Waals surface area contributed by atoms with E-state index >= 15 is 0 Å². The molecule has 0 saturated carbocycles. The highest BCUT2D eigenvalue weighted by Gasteiger charge is 2.32. The molecule has 0 atom stereocenters. The molecule has 168 valence electrons. The number of carboxylic acids is 1. The van der Waals surface area contributed by atoms with Gasteiger partial charge < -0.3 is 10.4 Å². The molecule has 0 aliphatic rings. The Hall–Kier alpha value is -4.65. The molecule has 3 aromatic rings. The fraction of sp³-hybridized carbons (Fsp3) is 0. The van der Waals surface area contributed by atoms with Crippen LogP contribution in [0.3, 0.4) is 0 Å². The van der Waals surface area contributed by atoms with E-state index in [9.17, 15) is 38.2 Å². The van der Waals surface area contributed by atoms with E-state index in [1.807, 2.05) is 0 Å². The van der Waals surface area contributed by atoms with Gasteiger partial charge in [-0.2, -0.15) is 0 Å². The number of carbonyl (C=O) groups is 2. The number of benzene rings is 3. The van der Waals surface area contributed by atoms with Gasteiger partial charge >= 0.3 is 5.97 Å². The number of nitrogens with zero attached hydrogens (tertiary/aromatic N) is 2. The van der Waals surface area contributed by atoms with Crippen molar-refractivity contribution >= 4 is 38.8 Å². The molecule has 0 spiro atoms. The summed E-state index contributed by atoms with van der Waals surface area (Å²) in [6.07, 6.45) is 0. The average Bonchev–Trinajstić information content (AvgIpc) is 2.78. The van der Waals surface area contributed by atoms with Crippen molar-refractivity contribution in [3.05, 3.63) is 98.1 Å². The minimum absolute atomic E-state index is 0.0308. The third-order valence-corrected chi connectivity index (χ3v) is 6.25. The number of nitro groups is 2. The highest BCUT2D eigenvalue weighted by Crippen LogP contribution is 2.31. The lowest BCUT2D eigenvalue weighted by Gasteiger charge is -2.12. The number of anilines is 1. The summed E-state index contributed by atoms with van der Waals surface area (Å²) in [7, 11) is -4.51. The Labute approximate surface area is 185 Å². The molecule has 2 N–H and O–H groups in total. The summed E-state index contributed by atoms with van der Waals surface area (Å²) in [5.41, 5.74) is -2.15. The topological polar surface area (TPSA) is 187 Å². The van der Waals surface area contributed by atoms with E-state index in [0.717, 1.165) is 48.5 Å². The second-order valence-electron chi connectivity index (χ2n) is 6.50. The van der Waals surface area contributed by atoms with E-state index in [2.05, 4.69) is 5.32 Å². The number of rotatable bonds is 7. The van der Waals surface area contributed by atoms with E-state index in [-0.39, 0.29) is 16.9 Å². The Morgan fingerprint density at radius 3 is 2.09 bits per heavy atom. The zero-order chi connectivity index (χ0) is 24.3. The van der Waals surface area contributed by atoms with Crippen molar-refractivity contribution in [2.75, 3.05) is 5.32 Å². The predicted octanol–water partition coefficient (Wildman–Crippen LogP) is 3.29. The fourth-order valence-corrected chi connectivity index (χ4v) is 4.39. The molecule has 33 heavy (non-hydrogen) atoms. The lowest BCUT2D eigenvalue weighted by Crippen LogP contribution is -2.19. The SMILES string of the molecule is O=C(O)c1cccc(NC(=O)c2c([N+](=O)[O-])cccc2S(=O)(=O)c2ccc([N+](=O)[O-])cc2)c1. The molecular weight excluding hydrogens is 458 g/mol. The molecule has 0 aliphatic heterocycles. The number of nitrogens with one attached hydrogen (secondary N) is 1. The van der Waals surface area contributed by atoms with E-state index in [1.165, 1.54) is 18.2 Å². The first-order valence-electron chi connectivity index (χ1n) is 8.94. The van der Waals surface area contributed by atoms with E-state index in [4.69, 9.17) is 5.11 Å². The maximum absolute atomic E-state index is 13.2. The molecule has 0 fully saturated rings. The summed E-state index contributed by atoms with van der Waals surface area (Å²) >= 11 is 0. The van der Waals surface area contributed by atoms with Gasteiger partial charge in [0.1, 0.15) is 5.56 Å². The number of nitro benzene ring substituents is 2. The van der Waals surface area contributed by atoms with Gasteiger partial charge in [-0.1, -0.05) is 12.1 Å². The van der Waals surface area contributed by atoms with E-state index in [0.29, 0.717) is 0 Å². The van der Waals surface area contributed by atoms with Gasteiger partial charge in [-0.25, -0.2) is 13.2 Å². The number of hydrogen-bond acceptors (Lipinski definition) is 8. The van der Waals surface area contributed by atoms with Gasteiger partial charge in [-0.05, 0) is 36.4 Å². The maximum Gasteiger partial charge on any atom is 0.335 e. The fourth-order valence-electron chi connectivity index (χ4n) is 2.92. The van der Waals surface area contributed by atoms with Crippen LogP contribution in [0.5, 0.6) is 0 Å². The average molecular weight is 471 g/mol. The molecule has 3 rings (SSSR count). The predicted molar refractivity (Wildman–Crippen MR) is 113 cm³/mol. The Balaban J connectivity index is 2.12. The van der Waals surface area contributed by atoms with E-state index < -0.39 is 52.6 Å². The van der Waals surface area contributed by atoms with Crippen molar-refractivity contribution < 1.29 is 33.0 Å². The molecule has 0 saturated heterocycles. The van der Waals surface area contributed by atoms with Gasteiger partial charge in [0.05, 0.1) is 25.2 Å². The lowest BCUT2D eigenvalue weighted by atomic mass is 10.1. The van der Waals surface area contributed by atoms with Gasteiger partial charge in [0.2, 0.25) is 9.84 Å². The quantitative estimate of drug-likeness (QED) is 0.385. The molecule has 0 unspecified atom stereocenters. The summed E-state index contributed by atoms with van der Waals surface area (Å²) in [5.74, 6) is -2.44. The number of amides is 1. The van der Waals surface area contributed by atoms with Crippen LogP contribution in [0.1, 0.15) is 20.7 Å². The summed E-state index contributed by atoms with van der Waals surface area (Å²) in [4.78, 5) is 43.7. The smallest absolute Gasteiger partial charge is 0.335 e. The zero-order valence-corrected chi connectivity index (χ0v) is 17.2. The van der Waals surface area contributed by atoms with Crippen molar-refractivity contribution in [2.24, 2.45) is 0 Å². The van der Waals surface area contributed by atoms with Gasteiger partial charge in [0.25, 0.3) is 17.3 Å². The van der Waals surface area contributed by atoms with Crippen LogP contribution in [0.2, 0.25) is 0 Å². The van der Waals surface area contributed by atoms with Crippen molar-refractivity contribution in [1.82, 2.24) is 0 Å². The molecule has 0 bridgehead atoms. The molecule has 12 nitrogen and oxygen atoms in total. The van der Waals surface area contributed by atoms with Crippen molar-refractivity contribution in [2.45, 2.75) is 9.79 Å². The van der Waals surface area contributed by atoms with Gasteiger partial charge in [-0.15, -0.1) is 0 Å². The van der Waals surface area contributed by atoms with Gasteiger partial charge in [0.15, 0.2) is 0 Å². The Bertz CT molecular complexity index is 1400. The van der Waals surface area contributed by atoms with E-state index in [1.54, 1.807) is 0 Å². The Morgan fingerprint density at radius 1 is 0.879 bits per heavy atom. The summed E-state index contributed by atoms with van der Waals surface area (Å²) in [5, 5.41) is 33.7. The van der Waals surface area contributed by atoms with Crippen LogP contribution < -0.4 is 5.32 Å². The highest BCUT2D eigenvalue weighted by atomic mass is 32.2. The second kappa shape index (κ2) is 8.84. The Kier molecular flexibility index (Phi) is 6.17. The number of carbonyl (C=O) groups excluding carboxylic acids is 1. The first-order chi connectivity index (χ1) is 15.5. The minimum atomic E-state index is -4.51. The van der Waals surface area contributed by atoms with Crippen LogP contribution >= 0.6 is 0 Å². The molecular formula is C20H13N3O9S. The number of carboxylic acid groups (broad SMARTS) is 1. The molecule has 1 amide bonds. The molecule has 13 heteroatoms. The van der Waals surface area contributed by atoms with Crippen molar-refractivity contribution in [1.29, 1.82) is 0 Å².